The number of aromatic nitrogens is 2. The molecule has 2 N–H and O–H groups in total. The molecule has 14 heavy (non-hydrogen) atoms. The second-order valence-electron chi connectivity index (χ2n) is 2.70. The van der Waals surface area contributed by atoms with Crippen LogP contribution in [0.5, 0.6) is 5.75 Å². The van der Waals surface area contributed by atoms with E-state index in [0.29, 0.717) is 23.0 Å². The third-order valence-corrected chi connectivity index (χ3v) is 1.75. The van der Waals surface area contributed by atoms with Crippen LogP contribution in [0.4, 0.5) is 5.82 Å². The van der Waals surface area contributed by atoms with E-state index in [0.717, 1.165) is 0 Å². The lowest BCUT2D eigenvalue weighted by Gasteiger charge is -1.99. The van der Waals surface area contributed by atoms with Crippen molar-refractivity contribution in [2.45, 2.75) is 0 Å². The molecule has 0 aliphatic rings. The molecule has 0 saturated heterocycles. The SMILES string of the molecule is COc1ccnc(-c2cc(N)no2)c1. The maximum Gasteiger partial charge on any atom is 0.187 e. The van der Waals surface area contributed by atoms with Crippen LogP contribution in [0.2, 0.25) is 0 Å². The number of nitrogens with two attached hydrogens (primary N) is 1. The first-order valence-electron chi connectivity index (χ1n) is 4.02. The van der Waals surface area contributed by atoms with E-state index in [1.165, 1.54) is 0 Å². The summed E-state index contributed by atoms with van der Waals surface area (Å²) in [5, 5.41) is 3.57. The number of hydrogen-bond acceptors (Lipinski definition) is 5. The molecule has 2 aromatic heterocycles. The van der Waals surface area contributed by atoms with Gasteiger partial charge in [0.25, 0.3) is 0 Å². The van der Waals surface area contributed by atoms with E-state index >= 15 is 0 Å². The molecular formula is C9H9N3O2. The van der Waals surface area contributed by atoms with E-state index in [4.69, 9.17) is 15.0 Å². The fourth-order valence-electron chi connectivity index (χ4n) is 1.08. The Hall–Kier alpha value is -2.04. The molecular weight excluding hydrogens is 182 g/mol. The van der Waals surface area contributed by atoms with Gasteiger partial charge in [0, 0.05) is 18.3 Å². The molecule has 5 heteroatoms. The van der Waals surface area contributed by atoms with Crippen molar-refractivity contribution in [2.75, 3.05) is 12.8 Å². The standard InChI is InChI=1S/C9H9N3O2/c1-13-6-2-3-11-7(4-6)8-5-9(10)12-14-8/h2-5H,1H3,(H2,10,12). The summed E-state index contributed by atoms with van der Waals surface area (Å²) in [5.74, 6) is 1.58. The predicted molar refractivity (Wildman–Crippen MR) is 50.7 cm³/mol. The summed E-state index contributed by atoms with van der Waals surface area (Å²) < 4.78 is 10.0. The van der Waals surface area contributed by atoms with Crippen molar-refractivity contribution in [3.63, 3.8) is 0 Å². The maximum absolute atomic E-state index is 5.42. The zero-order valence-electron chi connectivity index (χ0n) is 7.60. The monoisotopic (exact) mass is 191 g/mol. The lowest BCUT2D eigenvalue weighted by Crippen LogP contribution is -1.85. The first kappa shape index (κ1) is 8.55. The van der Waals surface area contributed by atoms with E-state index in [2.05, 4.69) is 10.1 Å². The summed E-state index contributed by atoms with van der Waals surface area (Å²) in [4.78, 5) is 4.10. The van der Waals surface area contributed by atoms with E-state index in [9.17, 15) is 0 Å². The van der Waals surface area contributed by atoms with Gasteiger partial charge in [-0.2, -0.15) is 0 Å². The fourth-order valence-corrected chi connectivity index (χ4v) is 1.08. The van der Waals surface area contributed by atoms with Gasteiger partial charge in [-0.05, 0) is 6.07 Å². The Labute approximate surface area is 80.5 Å². The van der Waals surface area contributed by atoms with Crippen molar-refractivity contribution in [1.29, 1.82) is 0 Å². The summed E-state index contributed by atoms with van der Waals surface area (Å²) in [6.07, 6.45) is 1.63. The average Bonchev–Trinajstić information content (AvgIpc) is 2.65. The van der Waals surface area contributed by atoms with Crippen LogP contribution in [0.25, 0.3) is 11.5 Å². The first-order chi connectivity index (χ1) is 6.79. The van der Waals surface area contributed by atoms with Gasteiger partial charge in [0.05, 0.1) is 7.11 Å². The molecule has 0 fully saturated rings. The zero-order valence-corrected chi connectivity index (χ0v) is 7.60. The van der Waals surface area contributed by atoms with Gasteiger partial charge in [0.1, 0.15) is 11.4 Å². The van der Waals surface area contributed by atoms with Crippen LogP contribution in [0.1, 0.15) is 0 Å². The highest BCUT2D eigenvalue weighted by Crippen LogP contribution is 2.22. The molecule has 0 radical (unpaired) electrons. The van der Waals surface area contributed by atoms with Gasteiger partial charge >= 0.3 is 0 Å². The van der Waals surface area contributed by atoms with Gasteiger partial charge in [0.2, 0.25) is 0 Å². The third kappa shape index (κ3) is 1.52. The van der Waals surface area contributed by atoms with Gasteiger partial charge in [-0.3, -0.25) is 4.98 Å². The molecule has 0 atom stereocenters. The van der Waals surface area contributed by atoms with Crippen LogP contribution in [0.3, 0.4) is 0 Å². The van der Waals surface area contributed by atoms with E-state index in [1.54, 1.807) is 31.5 Å². The molecule has 0 bridgehead atoms. The van der Waals surface area contributed by atoms with Gasteiger partial charge in [-0.1, -0.05) is 5.16 Å². The fraction of sp³-hybridized carbons (Fsp3) is 0.111. The molecule has 2 aromatic rings. The Morgan fingerprint density at radius 3 is 2.93 bits per heavy atom. The van der Waals surface area contributed by atoms with E-state index < -0.39 is 0 Å². The quantitative estimate of drug-likeness (QED) is 0.775. The molecule has 72 valence electrons. The van der Waals surface area contributed by atoms with Crippen molar-refractivity contribution in [3.05, 3.63) is 24.4 Å². The average molecular weight is 191 g/mol. The lowest BCUT2D eigenvalue weighted by atomic mass is 10.3. The Kier molecular flexibility index (Phi) is 2.06. The molecule has 2 heterocycles. The summed E-state index contributed by atoms with van der Waals surface area (Å²) >= 11 is 0. The molecule has 0 aromatic carbocycles. The minimum absolute atomic E-state index is 0.338. The summed E-state index contributed by atoms with van der Waals surface area (Å²) in [6.45, 7) is 0. The smallest absolute Gasteiger partial charge is 0.187 e. The normalized spacial score (nSPS) is 10.1. The lowest BCUT2D eigenvalue weighted by molar-refractivity contribution is 0.412. The highest BCUT2D eigenvalue weighted by atomic mass is 16.5. The predicted octanol–water partition coefficient (Wildman–Crippen LogP) is 1.33. The van der Waals surface area contributed by atoms with Crippen molar-refractivity contribution in [1.82, 2.24) is 10.1 Å². The van der Waals surface area contributed by atoms with Crippen molar-refractivity contribution >= 4 is 5.82 Å². The van der Waals surface area contributed by atoms with Crippen LogP contribution in [0.15, 0.2) is 28.9 Å². The molecule has 5 nitrogen and oxygen atoms in total. The topological polar surface area (TPSA) is 74.2 Å². The highest BCUT2D eigenvalue weighted by Gasteiger charge is 2.06. The van der Waals surface area contributed by atoms with E-state index in [1.807, 2.05) is 0 Å². The van der Waals surface area contributed by atoms with Crippen LogP contribution in [0, 0.1) is 0 Å². The number of anilines is 1. The third-order valence-electron chi connectivity index (χ3n) is 1.75. The second kappa shape index (κ2) is 3.37. The molecule has 0 aliphatic carbocycles. The van der Waals surface area contributed by atoms with Crippen LogP contribution >= 0.6 is 0 Å². The largest absolute Gasteiger partial charge is 0.497 e. The Balaban J connectivity index is 2.41. The number of pyridine rings is 1. The number of methoxy groups -OCH3 is 1. The number of hydrogen-bond donors (Lipinski definition) is 1. The number of nitrogens with zero attached hydrogens (tertiary/aromatic N) is 2. The van der Waals surface area contributed by atoms with Crippen molar-refractivity contribution < 1.29 is 9.26 Å². The zero-order chi connectivity index (χ0) is 9.97. The Morgan fingerprint density at radius 1 is 1.43 bits per heavy atom. The number of rotatable bonds is 2. The molecule has 0 aliphatic heterocycles. The number of ether oxygens (including phenoxy) is 1. The maximum atomic E-state index is 5.42. The molecule has 2 rings (SSSR count). The number of nitrogen functional groups attached to an aromatic ring is 1. The molecule has 0 saturated carbocycles. The second-order valence-corrected chi connectivity index (χ2v) is 2.70. The van der Waals surface area contributed by atoms with Crippen molar-refractivity contribution in [3.8, 4) is 17.2 Å². The van der Waals surface area contributed by atoms with Gasteiger partial charge in [0.15, 0.2) is 11.6 Å². The van der Waals surface area contributed by atoms with Crippen LogP contribution in [-0.2, 0) is 0 Å². The molecule has 0 amide bonds. The van der Waals surface area contributed by atoms with Gasteiger partial charge in [-0.15, -0.1) is 0 Å². The molecule has 0 spiro atoms. The highest BCUT2D eigenvalue weighted by molar-refractivity contribution is 5.56. The van der Waals surface area contributed by atoms with Gasteiger partial charge < -0.3 is 15.0 Å². The minimum Gasteiger partial charge on any atom is -0.497 e. The Bertz CT molecular complexity index is 439. The van der Waals surface area contributed by atoms with Gasteiger partial charge in [-0.25, -0.2) is 0 Å². The first-order valence-corrected chi connectivity index (χ1v) is 4.02. The summed E-state index contributed by atoms with van der Waals surface area (Å²) in [6, 6.07) is 5.12. The Morgan fingerprint density at radius 2 is 2.29 bits per heavy atom. The van der Waals surface area contributed by atoms with E-state index in [-0.39, 0.29) is 0 Å². The summed E-state index contributed by atoms with van der Waals surface area (Å²) in [5.41, 5.74) is 6.07. The van der Waals surface area contributed by atoms with Crippen molar-refractivity contribution in [2.24, 2.45) is 0 Å². The molecule has 0 unspecified atom stereocenters. The summed E-state index contributed by atoms with van der Waals surface area (Å²) in [7, 11) is 1.59. The minimum atomic E-state index is 0.338. The van der Waals surface area contributed by atoms with Crippen LogP contribution < -0.4 is 10.5 Å². The van der Waals surface area contributed by atoms with Crippen LogP contribution in [-0.4, -0.2) is 17.3 Å².